The maximum atomic E-state index is 12.5. The molecule has 2 aromatic carbocycles. The number of esters is 2. The molecular formula is C30H35F9O8. The zero-order valence-corrected chi connectivity index (χ0v) is 25.7. The van der Waals surface area contributed by atoms with Crippen molar-refractivity contribution in [2.45, 2.75) is 97.6 Å². The molecule has 0 aliphatic rings. The molecule has 0 fully saturated rings. The van der Waals surface area contributed by atoms with Gasteiger partial charge in [0.2, 0.25) is 0 Å². The maximum absolute atomic E-state index is 12.5. The molecule has 0 bridgehead atoms. The summed E-state index contributed by atoms with van der Waals surface area (Å²) < 4.78 is 107. The molecule has 2 rings (SSSR count). The van der Waals surface area contributed by atoms with Gasteiger partial charge in [0.1, 0.15) is 23.0 Å². The molecule has 0 saturated carbocycles. The van der Waals surface area contributed by atoms with E-state index < -0.39 is 47.6 Å². The van der Waals surface area contributed by atoms with Crippen LogP contribution < -0.4 is 0 Å². The summed E-state index contributed by atoms with van der Waals surface area (Å²) in [6.45, 7) is 7.67. The van der Waals surface area contributed by atoms with Crippen LogP contribution in [0.25, 0.3) is 0 Å². The van der Waals surface area contributed by atoms with Crippen molar-refractivity contribution >= 4 is 17.7 Å². The standard InChI is InChI=1S/C14H17F3O3.C12H18O2.C4F6O3/c1-3-5-8-7-10(13(20)14(15,16)17)12(19)9(6-4-2)11(8)18;1-3-5-9-7-8-11(13)10(6-4-2)12(9)14;5-3(6,7)1(11)13-2(12)4(8,9)10/h7,18-19H,3-6H2,1-2H3;7-8,13-14H,3-6H2,1-2H3;. The van der Waals surface area contributed by atoms with Crippen molar-refractivity contribution < 1.29 is 79.1 Å². The number of aryl methyl sites for hydroxylation is 2. The van der Waals surface area contributed by atoms with Gasteiger partial charge in [0.25, 0.3) is 5.78 Å². The van der Waals surface area contributed by atoms with E-state index in [2.05, 4.69) is 11.7 Å². The molecule has 266 valence electrons. The SMILES string of the molecule is CCCc1cc(C(=O)C(F)(F)F)c(O)c(CCC)c1O.CCCc1ccc(O)c(CCC)c1O.O=C(OC(=O)C(F)(F)F)C(F)(F)F. The van der Waals surface area contributed by atoms with E-state index >= 15 is 0 Å². The number of alkyl halides is 9. The third-order valence-electron chi connectivity index (χ3n) is 5.98. The smallest absolute Gasteiger partial charge is 0.491 e. The molecule has 0 unspecified atom stereocenters. The van der Waals surface area contributed by atoms with Crippen molar-refractivity contribution in [1.82, 2.24) is 0 Å². The van der Waals surface area contributed by atoms with E-state index in [0.717, 1.165) is 37.3 Å². The second-order valence-electron chi connectivity index (χ2n) is 9.83. The van der Waals surface area contributed by atoms with Gasteiger partial charge in [-0.2, -0.15) is 39.5 Å². The summed E-state index contributed by atoms with van der Waals surface area (Å²) in [5.74, 6) is -8.98. The first-order chi connectivity index (χ1) is 21.5. The van der Waals surface area contributed by atoms with Gasteiger partial charge in [-0.1, -0.05) is 59.4 Å². The molecule has 0 atom stereocenters. The topological polar surface area (TPSA) is 141 Å². The Morgan fingerprint density at radius 3 is 1.38 bits per heavy atom. The van der Waals surface area contributed by atoms with Crippen molar-refractivity contribution in [2.75, 3.05) is 0 Å². The fourth-order valence-corrected chi connectivity index (χ4v) is 3.89. The second-order valence-corrected chi connectivity index (χ2v) is 9.83. The fourth-order valence-electron chi connectivity index (χ4n) is 3.89. The highest BCUT2D eigenvalue weighted by Gasteiger charge is 2.49. The largest absolute Gasteiger partial charge is 0.508 e. The van der Waals surface area contributed by atoms with Crippen molar-refractivity contribution in [3.63, 3.8) is 0 Å². The summed E-state index contributed by atoms with van der Waals surface area (Å²) >= 11 is 0. The zero-order chi connectivity index (χ0) is 36.9. The van der Waals surface area contributed by atoms with E-state index in [1.54, 1.807) is 26.0 Å². The number of ether oxygens (including phenoxy) is 1. The van der Waals surface area contributed by atoms with E-state index in [1.807, 2.05) is 6.92 Å². The van der Waals surface area contributed by atoms with Crippen molar-refractivity contribution in [3.8, 4) is 23.0 Å². The average Bonchev–Trinajstić information content (AvgIpc) is 2.95. The van der Waals surface area contributed by atoms with Crippen LogP contribution in [0.3, 0.4) is 0 Å². The van der Waals surface area contributed by atoms with Gasteiger partial charge < -0.3 is 25.2 Å². The van der Waals surface area contributed by atoms with Crippen molar-refractivity contribution in [3.05, 3.63) is 46.0 Å². The van der Waals surface area contributed by atoms with Crippen LogP contribution in [0.5, 0.6) is 23.0 Å². The highest BCUT2D eigenvalue weighted by Crippen LogP contribution is 2.38. The van der Waals surface area contributed by atoms with Crippen LogP contribution >= 0.6 is 0 Å². The minimum atomic E-state index is -5.62. The number of rotatable bonds is 9. The Bertz CT molecular complexity index is 1340. The molecule has 0 heterocycles. The normalized spacial score (nSPS) is 11.5. The summed E-state index contributed by atoms with van der Waals surface area (Å²) in [6, 6.07) is 4.41. The molecular weight excluding hydrogens is 659 g/mol. The number of ketones is 1. The summed E-state index contributed by atoms with van der Waals surface area (Å²) in [5, 5.41) is 39.3. The van der Waals surface area contributed by atoms with Gasteiger partial charge in [-0.25, -0.2) is 9.59 Å². The number of hydrogen-bond donors (Lipinski definition) is 4. The van der Waals surface area contributed by atoms with Crippen LogP contribution in [0, 0.1) is 0 Å². The minimum Gasteiger partial charge on any atom is -0.508 e. The zero-order valence-electron chi connectivity index (χ0n) is 25.7. The lowest BCUT2D eigenvalue weighted by Gasteiger charge is -2.15. The van der Waals surface area contributed by atoms with Crippen LogP contribution in [0.4, 0.5) is 39.5 Å². The molecule has 2 aromatic rings. The summed E-state index contributed by atoms with van der Waals surface area (Å²) in [4.78, 5) is 30.7. The van der Waals surface area contributed by atoms with Crippen molar-refractivity contribution in [2.24, 2.45) is 0 Å². The van der Waals surface area contributed by atoms with Crippen LogP contribution in [0.15, 0.2) is 18.2 Å². The predicted molar refractivity (Wildman–Crippen MR) is 149 cm³/mol. The number of halogens is 9. The first-order valence-corrected chi connectivity index (χ1v) is 14.1. The highest BCUT2D eigenvalue weighted by atomic mass is 19.4. The fraction of sp³-hybridized carbons (Fsp3) is 0.500. The van der Waals surface area contributed by atoms with Gasteiger partial charge in [-0.15, -0.1) is 0 Å². The van der Waals surface area contributed by atoms with Crippen LogP contribution in [0.2, 0.25) is 0 Å². The van der Waals surface area contributed by atoms with Crippen LogP contribution in [-0.2, 0) is 40.0 Å². The van der Waals surface area contributed by atoms with Gasteiger partial charge in [0, 0.05) is 11.1 Å². The lowest BCUT2D eigenvalue weighted by molar-refractivity contribution is -0.221. The lowest BCUT2D eigenvalue weighted by Crippen LogP contribution is -2.34. The molecule has 17 heteroatoms. The minimum absolute atomic E-state index is 0.00560. The molecule has 8 nitrogen and oxygen atoms in total. The quantitative estimate of drug-likeness (QED) is 0.0898. The molecule has 47 heavy (non-hydrogen) atoms. The van der Waals surface area contributed by atoms with E-state index in [0.29, 0.717) is 24.8 Å². The van der Waals surface area contributed by atoms with E-state index in [9.17, 15) is 74.3 Å². The number of carbonyl (C=O) groups excluding carboxylic acids is 3. The Balaban J connectivity index is 0.000000698. The molecule has 0 saturated heterocycles. The second kappa shape index (κ2) is 18.2. The van der Waals surface area contributed by atoms with Crippen LogP contribution in [0.1, 0.15) is 86.0 Å². The summed E-state index contributed by atoms with van der Waals surface area (Å²) in [5.41, 5.74) is 1.10. The monoisotopic (exact) mass is 694 g/mol. The van der Waals surface area contributed by atoms with Gasteiger partial charge in [0.05, 0.1) is 5.56 Å². The molecule has 0 aromatic heterocycles. The first-order valence-electron chi connectivity index (χ1n) is 14.1. The van der Waals surface area contributed by atoms with E-state index in [-0.39, 0.29) is 34.8 Å². The third-order valence-corrected chi connectivity index (χ3v) is 5.98. The number of phenols is 4. The molecule has 0 radical (unpaired) electrons. The van der Waals surface area contributed by atoms with E-state index in [1.165, 1.54) is 0 Å². The number of Topliss-reactive ketones (excluding diaryl/α,β-unsaturated/α-hetero) is 1. The van der Waals surface area contributed by atoms with E-state index in [4.69, 9.17) is 0 Å². The maximum Gasteiger partial charge on any atom is 0.491 e. The number of hydrogen-bond acceptors (Lipinski definition) is 8. The van der Waals surface area contributed by atoms with Crippen molar-refractivity contribution in [1.29, 1.82) is 0 Å². The Kier molecular flexibility index (Phi) is 16.6. The molecule has 0 spiro atoms. The van der Waals surface area contributed by atoms with Gasteiger partial charge in [-0.05, 0) is 48.9 Å². The number of benzene rings is 2. The van der Waals surface area contributed by atoms with Crippen LogP contribution in [-0.4, -0.2) is 56.7 Å². The Labute approximate surface area is 263 Å². The average molecular weight is 695 g/mol. The first kappa shape index (κ1) is 42.8. The lowest BCUT2D eigenvalue weighted by atomic mass is 9.95. The highest BCUT2D eigenvalue weighted by molar-refractivity contribution is 6.03. The summed E-state index contributed by atoms with van der Waals surface area (Å²) in [7, 11) is 0. The Morgan fingerprint density at radius 1 is 0.574 bits per heavy atom. The molecule has 0 aliphatic heterocycles. The van der Waals surface area contributed by atoms with Gasteiger partial charge in [-0.3, -0.25) is 4.79 Å². The number of phenolic OH excluding ortho intramolecular Hbond substituents is 4. The Hall–Kier alpha value is -4.18. The molecule has 0 amide bonds. The molecule has 0 aliphatic carbocycles. The predicted octanol–water partition coefficient (Wildman–Crippen LogP) is 7.93. The summed E-state index contributed by atoms with van der Waals surface area (Å²) in [6.07, 6.45) is -11.1. The molecule has 4 N–H and O–H groups in total. The number of aromatic hydroxyl groups is 4. The van der Waals surface area contributed by atoms with Gasteiger partial charge in [0.15, 0.2) is 0 Å². The number of carbonyl (C=O) groups is 3. The third kappa shape index (κ3) is 13.2. The van der Waals surface area contributed by atoms with Gasteiger partial charge >= 0.3 is 30.5 Å². The Morgan fingerprint density at radius 2 is 0.979 bits per heavy atom.